The highest BCUT2D eigenvalue weighted by Gasteiger charge is 2.33. The van der Waals surface area contributed by atoms with E-state index in [-0.39, 0.29) is 27.7 Å². The van der Waals surface area contributed by atoms with Gasteiger partial charge in [-0.2, -0.15) is 0 Å². The van der Waals surface area contributed by atoms with Crippen LogP contribution in [0.5, 0.6) is 11.5 Å². The summed E-state index contributed by atoms with van der Waals surface area (Å²) in [6, 6.07) is 8.12. The molecule has 9 heteroatoms. The van der Waals surface area contributed by atoms with E-state index in [1.165, 1.54) is 14.0 Å². The summed E-state index contributed by atoms with van der Waals surface area (Å²) in [6.45, 7) is 4.52. The van der Waals surface area contributed by atoms with E-state index in [1.807, 2.05) is 13.0 Å². The highest BCUT2D eigenvalue weighted by Crippen LogP contribution is 2.46. The van der Waals surface area contributed by atoms with Gasteiger partial charge < -0.3 is 24.4 Å². The number of para-hydroxylation sites is 1. The lowest BCUT2D eigenvalue weighted by Gasteiger charge is -2.22. The molecule has 9 nitrogen and oxygen atoms in total. The Morgan fingerprint density at radius 2 is 1.80 bits per heavy atom. The Morgan fingerprint density at radius 1 is 1.09 bits per heavy atom. The normalized spacial score (nSPS) is 12.1. The van der Waals surface area contributed by atoms with Crippen LogP contribution < -0.4 is 11.2 Å². The van der Waals surface area contributed by atoms with Gasteiger partial charge in [0.2, 0.25) is 0 Å². The van der Waals surface area contributed by atoms with Gasteiger partial charge in [0.15, 0.2) is 5.78 Å². The molecule has 0 radical (unpaired) electrons. The molecule has 2 aromatic heterocycles. The van der Waals surface area contributed by atoms with Crippen LogP contribution in [-0.4, -0.2) is 34.1 Å². The van der Waals surface area contributed by atoms with Gasteiger partial charge >= 0.3 is 11.6 Å². The van der Waals surface area contributed by atoms with Crippen LogP contribution in [-0.2, 0) is 9.53 Å². The second-order valence-corrected chi connectivity index (χ2v) is 8.42. The van der Waals surface area contributed by atoms with Crippen LogP contribution >= 0.6 is 0 Å². The summed E-state index contributed by atoms with van der Waals surface area (Å²) in [5.41, 5.74) is -0.302. The number of aromatic nitrogens is 1. The summed E-state index contributed by atoms with van der Waals surface area (Å²) >= 11 is 0. The number of pyridine rings is 1. The molecule has 4 rings (SSSR count). The van der Waals surface area contributed by atoms with Crippen molar-refractivity contribution in [3.63, 3.8) is 0 Å². The number of carbonyl (C=O) groups excluding carboxylic acids is 2. The Kier molecular flexibility index (Phi) is 5.94. The number of fused-ring (bicyclic) bond motifs is 2. The number of nitrogens with one attached hydrogen (secondary N) is 1. The number of ketones is 1. The summed E-state index contributed by atoms with van der Waals surface area (Å²) in [5.74, 6) is -3.79. The van der Waals surface area contributed by atoms with Crippen LogP contribution in [0.3, 0.4) is 0 Å². The highest BCUT2D eigenvalue weighted by molar-refractivity contribution is 6.07. The first-order chi connectivity index (χ1) is 16.5. The summed E-state index contributed by atoms with van der Waals surface area (Å²) in [4.78, 5) is 53.2. The molecule has 180 valence electrons. The molecule has 0 aliphatic heterocycles. The minimum Gasteiger partial charge on any atom is -0.507 e. The lowest BCUT2D eigenvalue weighted by molar-refractivity contribution is -0.140. The van der Waals surface area contributed by atoms with Gasteiger partial charge in [-0.15, -0.1) is 0 Å². The molecule has 35 heavy (non-hydrogen) atoms. The maximum atomic E-state index is 13.2. The fraction of sp³-hybridized carbons (Fsp3) is 0.231. The number of ether oxygens (including phenoxy) is 1. The zero-order chi connectivity index (χ0) is 25.6. The molecule has 0 unspecified atom stereocenters. The molecule has 1 atom stereocenters. The third-order valence-electron chi connectivity index (χ3n) is 6.16. The third kappa shape index (κ3) is 3.95. The Hall–Kier alpha value is -4.40. The number of esters is 1. The molecule has 0 aliphatic rings. The Morgan fingerprint density at radius 3 is 2.46 bits per heavy atom. The molecule has 0 saturated heterocycles. The predicted octanol–water partition coefficient (Wildman–Crippen LogP) is 3.56. The number of carbonyl (C=O) groups is 2. The van der Waals surface area contributed by atoms with Gasteiger partial charge in [0.05, 0.1) is 24.4 Å². The maximum absolute atomic E-state index is 13.2. The van der Waals surface area contributed by atoms with Crippen LogP contribution in [0.15, 0.2) is 44.3 Å². The minimum atomic E-state index is -1.18. The first kappa shape index (κ1) is 23.7. The molecule has 0 bridgehead atoms. The summed E-state index contributed by atoms with van der Waals surface area (Å²) in [6.07, 6.45) is -0.417. The van der Waals surface area contributed by atoms with Gasteiger partial charge in [0.1, 0.15) is 22.6 Å². The van der Waals surface area contributed by atoms with E-state index in [0.717, 1.165) is 18.6 Å². The van der Waals surface area contributed by atoms with E-state index in [0.29, 0.717) is 10.9 Å². The number of phenols is 2. The molecule has 0 amide bonds. The first-order valence-electron chi connectivity index (χ1n) is 10.8. The average Bonchev–Trinajstić information content (AvgIpc) is 2.77. The maximum Gasteiger partial charge on any atom is 0.336 e. The van der Waals surface area contributed by atoms with Crippen molar-refractivity contribution in [1.29, 1.82) is 0 Å². The van der Waals surface area contributed by atoms with E-state index in [9.17, 15) is 29.4 Å². The average molecular weight is 477 g/mol. The Labute approximate surface area is 198 Å². The smallest absolute Gasteiger partial charge is 0.336 e. The predicted molar refractivity (Wildman–Crippen MR) is 128 cm³/mol. The number of aromatic amines is 1. The van der Waals surface area contributed by atoms with Crippen LogP contribution in [0.25, 0.3) is 21.9 Å². The van der Waals surface area contributed by atoms with Gasteiger partial charge in [0, 0.05) is 23.1 Å². The third-order valence-corrected chi connectivity index (χ3v) is 6.16. The van der Waals surface area contributed by atoms with Gasteiger partial charge in [-0.3, -0.25) is 14.4 Å². The molecule has 0 aliphatic carbocycles. The van der Waals surface area contributed by atoms with E-state index >= 15 is 0 Å². The number of Topliss-reactive ketones (excluding diaryl/α,β-unsaturated/α-hetero) is 1. The lowest BCUT2D eigenvalue weighted by atomic mass is 9.84. The van der Waals surface area contributed by atoms with E-state index in [4.69, 9.17) is 9.15 Å². The Balaban J connectivity index is 2.18. The zero-order valence-electron chi connectivity index (χ0n) is 19.5. The van der Waals surface area contributed by atoms with Crippen LogP contribution in [0.2, 0.25) is 0 Å². The van der Waals surface area contributed by atoms with Crippen molar-refractivity contribution in [2.75, 3.05) is 7.11 Å². The summed E-state index contributed by atoms with van der Waals surface area (Å²) in [5, 5.41) is 22.7. The van der Waals surface area contributed by atoms with Gasteiger partial charge in [0.25, 0.3) is 5.56 Å². The van der Waals surface area contributed by atoms with Crippen molar-refractivity contribution in [3.8, 4) is 11.5 Å². The Bertz CT molecular complexity index is 1640. The fourth-order valence-corrected chi connectivity index (χ4v) is 4.51. The number of benzene rings is 2. The highest BCUT2D eigenvalue weighted by atomic mass is 16.5. The van der Waals surface area contributed by atoms with Crippen molar-refractivity contribution >= 4 is 33.6 Å². The van der Waals surface area contributed by atoms with E-state index < -0.39 is 52.3 Å². The number of aromatic hydroxyl groups is 2. The largest absolute Gasteiger partial charge is 0.507 e. The number of hydrogen-bond donors (Lipinski definition) is 3. The standard InChI is InChI=1S/C26H23NO8/c1-11-6-5-7-14-9-16(26(33)27-22(11)14)15(10-17(29)34-4)21-24(32)20(13(3)28)23(31)19-12(2)8-18(30)35-25(19)21/h5-9,15,31-32H,10H2,1-4H3,(H,27,33)/t15-/m1/s1. The molecule has 0 spiro atoms. The number of methoxy groups -OCH3 is 1. The monoisotopic (exact) mass is 477 g/mol. The van der Waals surface area contributed by atoms with Crippen LogP contribution in [0, 0.1) is 13.8 Å². The molecule has 0 fully saturated rings. The molecule has 3 N–H and O–H groups in total. The topological polar surface area (TPSA) is 147 Å². The first-order valence-corrected chi connectivity index (χ1v) is 10.8. The molecule has 4 aromatic rings. The van der Waals surface area contributed by atoms with Crippen LogP contribution in [0.1, 0.15) is 51.9 Å². The van der Waals surface area contributed by atoms with Crippen LogP contribution in [0.4, 0.5) is 0 Å². The molecule has 2 aromatic carbocycles. The number of aryl methyl sites for hydroxylation is 2. The van der Waals surface area contributed by atoms with Crippen molar-refractivity contribution in [2.24, 2.45) is 0 Å². The van der Waals surface area contributed by atoms with Gasteiger partial charge in [-0.05, 0) is 43.4 Å². The second kappa shape index (κ2) is 8.75. The quantitative estimate of drug-likeness (QED) is 0.225. The van der Waals surface area contributed by atoms with Crippen molar-refractivity contribution in [3.05, 3.63) is 78.9 Å². The second-order valence-electron chi connectivity index (χ2n) is 8.42. The summed E-state index contributed by atoms with van der Waals surface area (Å²) < 4.78 is 10.2. The molecular formula is C26H23NO8. The van der Waals surface area contributed by atoms with Gasteiger partial charge in [-0.25, -0.2) is 4.79 Å². The SMILES string of the molecule is COC(=O)C[C@H](c1cc2cccc(C)c2[nH]c1=O)c1c(O)c(C(C)=O)c(O)c2c(C)cc(=O)oc12. The van der Waals surface area contributed by atoms with E-state index in [2.05, 4.69) is 4.98 Å². The number of phenolic OH excluding ortho intramolecular Hbond substituents is 2. The van der Waals surface area contributed by atoms with Crippen molar-refractivity contribution < 1.29 is 29.0 Å². The number of rotatable bonds is 5. The zero-order valence-corrected chi connectivity index (χ0v) is 19.5. The number of hydrogen-bond acceptors (Lipinski definition) is 8. The lowest BCUT2D eigenvalue weighted by Crippen LogP contribution is -2.21. The van der Waals surface area contributed by atoms with Crippen molar-refractivity contribution in [1.82, 2.24) is 4.98 Å². The van der Waals surface area contributed by atoms with Gasteiger partial charge in [-0.1, -0.05) is 18.2 Å². The molecular weight excluding hydrogens is 454 g/mol. The van der Waals surface area contributed by atoms with E-state index in [1.54, 1.807) is 18.2 Å². The molecule has 0 saturated carbocycles. The number of H-pyrrole nitrogens is 1. The molecule has 2 heterocycles. The fourth-order valence-electron chi connectivity index (χ4n) is 4.51. The van der Waals surface area contributed by atoms with Crippen molar-refractivity contribution in [2.45, 2.75) is 33.1 Å². The minimum absolute atomic E-state index is 0.0190. The summed E-state index contributed by atoms with van der Waals surface area (Å²) in [7, 11) is 1.17.